The Balaban J connectivity index is 1.25. The number of aryl methyl sites for hydroxylation is 1. The third-order valence-corrected chi connectivity index (χ3v) is 9.44. The minimum atomic E-state index is -1.74. The largest absolute Gasteiger partial charge is 0.507 e. The Morgan fingerprint density at radius 1 is 0.880 bits per heavy atom. The van der Waals surface area contributed by atoms with Crippen molar-refractivity contribution in [2.45, 2.75) is 87.2 Å². The van der Waals surface area contributed by atoms with Crippen LogP contribution >= 0.6 is 0 Å². The topological polar surface area (TPSA) is 285 Å². The fourth-order valence-electron chi connectivity index (χ4n) is 6.70. The van der Waals surface area contributed by atoms with Crippen LogP contribution in [0.25, 0.3) is 11.0 Å². The molecule has 0 bridgehead atoms. The number of rotatable bonds is 8. The van der Waals surface area contributed by atoms with E-state index in [4.69, 9.17) is 32.8 Å². The van der Waals surface area contributed by atoms with Crippen LogP contribution in [0.5, 0.6) is 11.5 Å². The van der Waals surface area contributed by atoms with Gasteiger partial charge in [0, 0.05) is 24.0 Å². The van der Waals surface area contributed by atoms with E-state index >= 15 is 0 Å². The highest BCUT2D eigenvalue weighted by Crippen LogP contribution is 2.45. The summed E-state index contributed by atoms with van der Waals surface area (Å²) in [5.41, 5.74) is -0.868. The van der Waals surface area contributed by atoms with Crippen molar-refractivity contribution in [1.82, 2.24) is 0 Å². The molecule has 4 aliphatic heterocycles. The minimum absolute atomic E-state index is 0.0116. The Labute approximate surface area is 282 Å². The van der Waals surface area contributed by atoms with Crippen LogP contribution in [0, 0.1) is 18.8 Å². The molecule has 0 unspecified atom stereocenters. The lowest BCUT2D eigenvalue weighted by molar-refractivity contribution is -0.339. The zero-order chi connectivity index (χ0) is 36.2. The number of esters is 1. The Kier molecular flexibility index (Phi) is 10.2. The smallest absolute Gasteiger partial charge is 0.338 e. The molecule has 5 heterocycles. The van der Waals surface area contributed by atoms with E-state index in [0.717, 1.165) is 12.3 Å². The summed E-state index contributed by atoms with van der Waals surface area (Å²) < 4.78 is 39.3. The molecule has 0 spiro atoms. The van der Waals surface area contributed by atoms with Gasteiger partial charge in [-0.1, -0.05) is 6.08 Å². The molecule has 0 radical (unpaired) electrons. The van der Waals surface area contributed by atoms with Crippen molar-refractivity contribution in [2.24, 2.45) is 11.8 Å². The van der Waals surface area contributed by atoms with Crippen LogP contribution < -0.4 is 10.2 Å². The first-order valence-corrected chi connectivity index (χ1v) is 15.7. The number of hydrogen-bond donors (Lipinski definition) is 9. The molecule has 9 N–H and O–H groups in total. The molecule has 50 heavy (non-hydrogen) atoms. The van der Waals surface area contributed by atoms with Gasteiger partial charge >= 0.3 is 5.97 Å². The summed E-state index contributed by atoms with van der Waals surface area (Å²) >= 11 is 0. The van der Waals surface area contributed by atoms with Gasteiger partial charge in [0.05, 0.1) is 30.6 Å². The molecule has 0 aliphatic carbocycles. The monoisotopic (exact) mass is 710 g/mol. The standard InChI is InChI=1S/C32H38O18/c1-3-12-13-6-17(47-29(43)14(13)9-44-30(12)50-32-28(42)26(40)23(37)19(8-34)49-32)20-10(2)45-16-5-11(4-15(35)21(16)24(20)38)46-31-27(41)25(39)22(36)18(7-33)48-31/h3-5,9,12-13,17-19,22-23,25-28,30-37,39-42H,1,6-8H2,2H3/t12-,13-,17+,18+,19+,22-,23-,25-,26-,27+,28+,30-,31+,32-/m0/s1. The molecule has 274 valence electrons. The van der Waals surface area contributed by atoms with Gasteiger partial charge in [-0.2, -0.15) is 0 Å². The molecular formula is C32H38O18. The van der Waals surface area contributed by atoms with Gasteiger partial charge in [-0.25, -0.2) is 4.79 Å². The first-order valence-electron chi connectivity index (χ1n) is 15.7. The number of carbonyl (C=O) groups is 1. The van der Waals surface area contributed by atoms with E-state index < -0.39 is 116 Å². The molecule has 3 fully saturated rings. The maximum absolute atomic E-state index is 13.9. The normalized spacial score (nSPS) is 38.8. The van der Waals surface area contributed by atoms with Gasteiger partial charge in [-0.15, -0.1) is 6.58 Å². The Bertz CT molecular complexity index is 1690. The van der Waals surface area contributed by atoms with E-state index in [1.807, 2.05) is 0 Å². The number of carbonyl (C=O) groups excluding carboxylic acids is 1. The number of phenols is 1. The van der Waals surface area contributed by atoms with Crippen molar-refractivity contribution < 1.29 is 83.6 Å². The number of aliphatic hydroxyl groups is 8. The highest BCUT2D eigenvalue weighted by atomic mass is 16.8. The van der Waals surface area contributed by atoms with E-state index in [0.29, 0.717) is 0 Å². The summed E-state index contributed by atoms with van der Waals surface area (Å²) in [5.74, 6) is -3.09. The van der Waals surface area contributed by atoms with E-state index in [1.165, 1.54) is 19.1 Å². The van der Waals surface area contributed by atoms with E-state index in [2.05, 4.69) is 6.58 Å². The molecule has 1 aromatic carbocycles. The lowest BCUT2D eigenvalue weighted by atomic mass is 9.77. The predicted octanol–water partition coefficient (Wildman–Crippen LogP) is -2.55. The first kappa shape index (κ1) is 36.1. The summed E-state index contributed by atoms with van der Waals surface area (Å²) in [4.78, 5) is 27.1. The molecule has 0 saturated carbocycles. The summed E-state index contributed by atoms with van der Waals surface area (Å²) in [5, 5.41) is 90.8. The maximum Gasteiger partial charge on any atom is 0.338 e. The average Bonchev–Trinajstić information content (AvgIpc) is 3.08. The van der Waals surface area contributed by atoms with Crippen LogP contribution in [-0.4, -0.2) is 133 Å². The van der Waals surface area contributed by atoms with Crippen molar-refractivity contribution in [2.75, 3.05) is 13.2 Å². The third-order valence-electron chi connectivity index (χ3n) is 9.44. The van der Waals surface area contributed by atoms with Crippen LogP contribution in [0.1, 0.15) is 23.8 Å². The van der Waals surface area contributed by atoms with Crippen LogP contribution in [0.3, 0.4) is 0 Å². The van der Waals surface area contributed by atoms with Crippen LogP contribution in [0.15, 0.2) is 45.8 Å². The number of ether oxygens (including phenoxy) is 6. The average molecular weight is 711 g/mol. The third kappa shape index (κ3) is 6.26. The zero-order valence-electron chi connectivity index (χ0n) is 26.4. The number of phenolic OH excluding ortho intramolecular Hbond substituents is 1. The first-order chi connectivity index (χ1) is 23.8. The lowest BCUT2D eigenvalue weighted by Crippen LogP contribution is -2.60. The number of fused-ring (bicyclic) bond motifs is 2. The van der Waals surface area contributed by atoms with Crippen molar-refractivity contribution in [3.05, 3.63) is 58.2 Å². The summed E-state index contributed by atoms with van der Waals surface area (Å²) in [6, 6.07) is 2.25. The summed E-state index contributed by atoms with van der Waals surface area (Å²) in [6.45, 7) is 3.88. The number of hydrogen-bond acceptors (Lipinski definition) is 18. The van der Waals surface area contributed by atoms with Gasteiger partial charge in [-0.05, 0) is 13.3 Å². The highest BCUT2D eigenvalue weighted by Gasteiger charge is 2.50. The van der Waals surface area contributed by atoms with Crippen LogP contribution in [-0.2, 0) is 28.5 Å². The number of benzene rings is 1. The fraction of sp³-hybridized carbons (Fsp3) is 0.562. The second-order valence-electron chi connectivity index (χ2n) is 12.5. The summed E-state index contributed by atoms with van der Waals surface area (Å²) in [6.07, 6.45) is -15.7. The van der Waals surface area contributed by atoms with Gasteiger partial charge in [-0.3, -0.25) is 4.79 Å². The van der Waals surface area contributed by atoms with Crippen LogP contribution in [0.4, 0.5) is 0 Å². The van der Waals surface area contributed by atoms with Crippen LogP contribution in [0.2, 0.25) is 0 Å². The van der Waals surface area contributed by atoms with E-state index in [-0.39, 0.29) is 40.0 Å². The minimum Gasteiger partial charge on any atom is -0.507 e. The Morgan fingerprint density at radius 2 is 1.50 bits per heavy atom. The molecule has 0 amide bonds. The Hall–Kier alpha value is -3.66. The molecule has 14 atom stereocenters. The molecule has 4 aliphatic rings. The zero-order valence-corrected chi connectivity index (χ0v) is 26.4. The fourth-order valence-corrected chi connectivity index (χ4v) is 6.70. The predicted molar refractivity (Wildman–Crippen MR) is 162 cm³/mol. The van der Waals surface area contributed by atoms with Gasteiger partial charge in [0.1, 0.15) is 83.2 Å². The van der Waals surface area contributed by atoms with E-state index in [9.17, 15) is 55.5 Å². The maximum atomic E-state index is 13.9. The quantitative estimate of drug-likeness (QED) is 0.101. The molecule has 6 rings (SSSR count). The molecule has 3 saturated heterocycles. The number of cyclic esters (lactones) is 1. The molecule has 1 aromatic heterocycles. The van der Waals surface area contributed by atoms with Crippen molar-refractivity contribution in [3.63, 3.8) is 0 Å². The number of aliphatic hydroxyl groups excluding tert-OH is 8. The SMILES string of the molecule is C=C[C@@H]1[C@H](O[C@@H]2O[C@H](CO)[C@H](O)[C@H](O)[C@H]2O)OC=C2C(=O)O[C@@H](c3c(C)oc4cc(O[C@@H]5O[C@H](CO)[C@H](O)[C@H](O)[C@H]5O)cc(O)c4c3=O)C[C@H]21. The number of aromatic hydroxyl groups is 1. The van der Waals surface area contributed by atoms with Crippen molar-refractivity contribution in [1.29, 1.82) is 0 Å². The van der Waals surface area contributed by atoms with Gasteiger partial charge in [0.2, 0.25) is 18.0 Å². The second kappa shape index (κ2) is 14.2. The summed E-state index contributed by atoms with van der Waals surface area (Å²) in [7, 11) is 0. The second-order valence-corrected chi connectivity index (χ2v) is 12.5. The highest BCUT2D eigenvalue weighted by molar-refractivity contribution is 5.90. The molecule has 18 nitrogen and oxygen atoms in total. The van der Waals surface area contributed by atoms with Gasteiger partial charge in [0.15, 0.2) is 6.29 Å². The molecule has 2 aromatic rings. The van der Waals surface area contributed by atoms with Gasteiger partial charge in [0.25, 0.3) is 0 Å². The Morgan fingerprint density at radius 3 is 2.12 bits per heavy atom. The van der Waals surface area contributed by atoms with E-state index in [1.54, 1.807) is 0 Å². The lowest BCUT2D eigenvalue weighted by Gasteiger charge is -2.44. The molecular weight excluding hydrogens is 672 g/mol. The molecule has 18 heteroatoms. The van der Waals surface area contributed by atoms with Crippen molar-refractivity contribution in [3.8, 4) is 11.5 Å². The van der Waals surface area contributed by atoms with Crippen molar-refractivity contribution >= 4 is 16.9 Å². The van der Waals surface area contributed by atoms with Gasteiger partial charge < -0.3 is 78.8 Å².